The molecular weight excluding hydrogens is 520 g/mol. The van der Waals surface area contributed by atoms with Crippen LogP contribution in [0.15, 0.2) is 36.4 Å². The summed E-state index contributed by atoms with van der Waals surface area (Å²) in [4.78, 5) is 21.6. The predicted octanol–water partition coefficient (Wildman–Crippen LogP) is 6.42. The molecule has 0 radical (unpaired) electrons. The number of rotatable bonds is 18. The van der Waals surface area contributed by atoms with Crippen molar-refractivity contribution in [2.75, 3.05) is 0 Å². The van der Waals surface area contributed by atoms with Crippen LogP contribution in [0.25, 0.3) is 0 Å². The summed E-state index contributed by atoms with van der Waals surface area (Å²) >= 11 is 0. The average molecular weight is 567 g/mol. The normalized spacial score (nSPS) is 10.3. The van der Waals surface area contributed by atoms with Gasteiger partial charge in [-0.05, 0) is 42.9 Å². The third-order valence-electron chi connectivity index (χ3n) is 6.77. The number of aromatic carboxylic acids is 2. The Kier molecular flexibility index (Phi) is 22.0. The van der Waals surface area contributed by atoms with E-state index >= 15 is 0 Å². The monoisotopic (exact) mass is 566 g/mol. The first kappa shape index (κ1) is 37.2. The number of carbonyl (C=O) groups excluding carboxylic acids is 1. The SMILES string of the molecule is CCCCCCCCCc1cccc(C(=O)O)c1O.CCCCCCCCCc1cccc(C(=O)[O-])c1[O-].[Ca+2]. The van der Waals surface area contributed by atoms with Crippen molar-refractivity contribution in [2.24, 2.45) is 0 Å². The van der Waals surface area contributed by atoms with Gasteiger partial charge in [0.2, 0.25) is 0 Å². The molecule has 0 aliphatic carbocycles. The Bertz CT molecular complexity index is 882. The van der Waals surface area contributed by atoms with Gasteiger partial charge in [-0.2, -0.15) is 0 Å². The number of carboxylic acid groups (broad SMARTS) is 2. The summed E-state index contributed by atoms with van der Waals surface area (Å²) in [6.45, 7) is 4.40. The summed E-state index contributed by atoms with van der Waals surface area (Å²) in [5, 5.41) is 41.3. The van der Waals surface area contributed by atoms with Crippen molar-refractivity contribution >= 4 is 49.7 Å². The number of hydrogen-bond acceptors (Lipinski definition) is 5. The van der Waals surface area contributed by atoms with Gasteiger partial charge in [0.05, 0.1) is 5.97 Å². The Labute approximate surface area is 264 Å². The summed E-state index contributed by atoms with van der Waals surface area (Å²) < 4.78 is 0. The molecule has 0 bridgehead atoms. The maximum atomic E-state index is 11.8. The van der Waals surface area contributed by atoms with Crippen molar-refractivity contribution in [3.63, 3.8) is 0 Å². The Balaban J connectivity index is 0.000000722. The van der Waals surface area contributed by atoms with E-state index in [4.69, 9.17) is 5.11 Å². The van der Waals surface area contributed by atoms with E-state index < -0.39 is 11.9 Å². The molecule has 39 heavy (non-hydrogen) atoms. The van der Waals surface area contributed by atoms with E-state index in [1.54, 1.807) is 24.3 Å². The van der Waals surface area contributed by atoms with Crippen LogP contribution < -0.4 is 10.2 Å². The summed E-state index contributed by atoms with van der Waals surface area (Å²) in [5.74, 6) is -2.90. The second kappa shape index (κ2) is 23.0. The molecule has 7 heteroatoms. The van der Waals surface area contributed by atoms with E-state index in [-0.39, 0.29) is 60.4 Å². The molecule has 2 aromatic rings. The topological polar surface area (TPSA) is 121 Å². The molecule has 212 valence electrons. The van der Waals surface area contributed by atoms with E-state index in [9.17, 15) is 24.9 Å². The van der Waals surface area contributed by atoms with E-state index in [1.165, 1.54) is 76.3 Å². The van der Waals surface area contributed by atoms with Crippen molar-refractivity contribution in [3.8, 4) is 11.5 Å². The average Bonchev–Trinajstić information content (AvgIpc) is 2.89. The Morgan fingerprint density at radius 1 is 0.667 bits per heavy atom. The van der Waals surface area contributed by atoms with Crippen LogP contribution in [-0.4, -0.2) is 59.9 Å². The number of carbonyl (C=O) groups is 2. The maximum Gasteiger partial charge on any atom is 2.00 e. The van der Waals surface area contributed by atoms with Crippen molar-refractivity contribution in [2.45, 2.75) is 117 Å². The van der Waals surface area contributed by atoms with Crippen LogP contribution in [0.5, 0.6) is 11.5 Å². The first-order valence-electron chi connectivity index (χ1n) is 14.4. The van der Waals surface area contributed by atoms with Gasteiger partial charge in [0.1, 0.15) is 11.3 Å². The van der Waals surface area contributed by atoms with Gasteiger partial charge in [-0.25, -0.2) is 4.79 Å². The standard InChI is InChI=1S/2C16H24O3.Ca/c2*1-2-3-4-5-6-7-8-10-13-11-9-12-14(15(13)17)16(18)19;/h2*9,11-12,17H,2-8,10H2,1H3,(H,18,19);/q;;+2/p-2. The Morgan fingerprint density at radius 2 is 1.08 bits per heavy atom. The molecular formula is C32H46CaO6. The predicted molar refractivity (Wildman–Crippen MR) is 154 cm³/mol. The number of hydrogen-bond donors (Lipinski definition) is 2. The van der Waals surface area contributed by atoms with Crippen LogP contribution >= 0.6 is 0 Å². The fraction of sp³-hybridized carbons (Fsp3) is 0.562. The molecule has 0 aromatic heterocycles. The molecule has 0 aliphatic heterocycles. The quantitative estimate of drug-likeness (QED) is 0.159. The minimum Gasteiger partial charge on any atom is -0.872 e. The van der Waals surface area contributed by atoms with Gasteiger partial charge in [0, 0.05) is 0 Å². The fourth-order valence-corrected chi connectivity index (χ4v) is 4.45. The van der Waals surface area contributed by atoms with Gasteiger partial charge >= 0.3 is 43.7 Å². The largest absolute Gasteiger partial charge is 2.00 e. The van der Waals surface area contributed by atoms with Crippen LogP contribution in [0.2, 0.25) is 0 Å². The molecule has 6 nitrogen and oxygen atoms in total. The van der Waals surface area contributed by atoms with Gasteiger partial charge in [0.15, 0.2) is 0 Å². The first-order valence-corrected chi connectivity index (χ1v) is 14.4. The molecule has 0 saturated carbocycles. The van der Waals surface area contributed by atoms with Gasteiger partial charge in [0.25, 0.3) is 0 Å². The maximum absolute atomic E-state index is 11.8. The van der Waals surface area contributed by atoms with Gasteiger partial charge < -0.3 is 25.2 Å². The number of aryl methyl sites for hydroxylation is 2. The van der Waals surface area contributed by atoms with Gasteiger partial charge in [-0.3, -0.25) is 0 Å². The summed E-state index contributed by atoms with van der Waals surface area (Å²) in [6.07, 6.45) is 18.2. The second-order valence-corrected chi connectivity index (χ2v) is 9.94. The molecule has 0 spiro atoms. The molecule has 0 amide bonds. The molecule has 0 heterocycles. The molecule has 0 aliphatic rings. The summed E-state index contributed by atoms with van der Waals surface area (Å²) in [5.41, 5.74) is 1.12. The van der Waals surface area contributed by atoms with E-state index in [0.29, 0.717) is 12.0 Å². The van der Waals surface area contributed by atoms with Crippen LogP contribution in [0, 0.1) is 0 Å². The van der Waals surface area contributed by atoms with Crippen molar-refractivity contribution in [3.05, 3.63) is 58.7 Å². The van der Waals surface area contributed by atoms with E-state index in [0.717, 1.165) is 37.7 Å². The zero-order valence-electron chi connectivity index (χ0n) is 24.0. The van der Waals surface area contributed by atoms with Crippen LogP contribution in [-0.2, 0) is 12.8 Å². The molecule has 0 atom stereocenters. The zero-order valence-corrected chi connectivity index (χ0v) is 26.2. The number of carboxylic acids is 2. The number of unbranched alkanes of at least 4 members (excludes halogenated alkanes) is 12. The van der Waals surface area contributed by atoms with Crippen molar-refractivity contribution < 1.29 is 30.0 Å². The first-order chi connectivity index (χ1) is 18.3. The minimum absolute atomic E-state index is 0. The molecule has 0 saturated heterocycles. The van der Waals surface area contributed by atoms with Crippen LogP contribution in [0.4, 0.5) is 0 Å². The molecule has 2 aromatic carbocycles. The van der Waals surface area contributed by atoms with Crippen molar-refractivity contribution in [1.82, 2.24) is 0 Å². The molecule has 0 fully saturated rings. The molecule has 2 rings (SSSR count). The van der Waals surface area contributed by atoms with E-state index in [2.05, 4.69) is 13.8 Å². The Hall–Kier alpha value is -1.76. The van der Waals surface area contributed by atoms with Crippen LogP contribution in [0.3, 0.4) is 0 Å². The third-order valence-corrected chi connectivity index (χ3v) is 6.77. The van der Waals surface area contributed by atoms with Crippen LogP contribution in [0.1, 0.15) is 136 Å². The van der Waals surface area contributed by atoms with Crippen molar-refractivity contribution in [1.29, 1.82) is 0 Å². The smallest absolute Gasteiger partial charge is 0.872 e. The zero-order chi connectivity index (χ0) is 28.2. The number of phenols is 1. The van der Waals surface area contributed by atoms with E-state index in [1.807, 2.05) is 0 Å². The second-order valence-electron chi connectivity index (χ2n) is 9.94. The minimum atomic E-state index is -1.38. The third kappa shape index (κ3) is 15.6. The summed E-state index contributed by atoms with van der Waals surface area (Å²) in [7, 11) is 0. The van der Waals surface area contributed by atoms with Gasteiger partial charge in [-0.15, -0.1) is 0 Å². The van der Waals surface area contributed by atoms with Gasteiger partial charge in [-0.1, -0.05) is 133 Å². The molecule has 0 unspecified atom stereocenters. The summed E-state index contributed by atoms with van der Waals surface area (Å²) in [6, 6.07) is 9.57. The number of para-hydroxylation sites is 2. The Morgan fingerprint density at radius 3 is 1.54 bits per heavy atom. The molecule has 2 N–H and O–H groups in total. The number of benzene rings is 2. The fourth-order valence-electron chi connectivity index (χ4n) is 4.45. The number of aromatic hydroxyl groups is 1.